The van der Waals surface area contributed by atoms with Crippen LogP contribution in [0.25, 0.3) is 11.2 Å². The summed E-state index contributed by atoms with van der Waals surface area (Å²) in [6.45, 7) is 0.569. The summed E-state index contributed by atoms with van der Waals surface area (Å²) in [6.07, 6.45) is 1.92. The fourth-order valence-corrected chi connectivity index (χ4v) is 2.78. The van der Waals surface area contributed by atoms with Gasteiger partial charge in [-0.05, 0) is 12.1 Å². The third-order valence-corrected chi connectivity index (χ3v) is 4.18. The van der Waals surface area contributed by atoms with Gasteiger partial charge in [0, 0.05) is 18.2 Å². The number of carbonyl (C=O) groups is 1. The van der Waals surface area contributed by atoms with E-state index in [2.05, 4.69) is 19.9 Å². The summed E-state index contributed by atoms with van der Waals surface area (Å²) in [5.74, 6) is -0.909. The van der Waals surface area contributed by atoms with Crippen molar-refractivity contribution in [3.8, 4) is 0 Å². The Morgan fingerprint density at radius 3 is 3.11 bits per heavy atom. The lowest BCUT2D eigenvalue weighted by Crippen LogP contribution is -2.42. The number of aromatic amines is 1. The zero-order chi connectivity index (χ0) is 18.8. The van der Waals surface area contributed by atoms with E-state index in [9.17, 15) is 13.6 Å². The van der Waals surface area contributed by atoms with E-state index >= 15 is 0 Å². The van der Waals surface area contributed by atoms with Crippen molar-refractivity contribution in [2.45, 2.75) is 12.7 Å². The Morgan fingerprint density at radius 2 is 2.30 bits per heavy atom. The molecule has 0 spiro atoms. The number of amides is 1. The van der Waals surface area contributed by atoms with Gasteiger partial charge < -0.3 is 19.4 Å². The summed E-state index contributed by atoms with van der Waals surface area (Å²) < 4.78 is 37.4. The standard InChI is InChI=1S/C17H15F2N5O3/c18-11-2-1-10(12(19)5-11)8-27-17(25)24-3-4-26-14(7-24)16-22-13-6-20-9-21-15(13)23-16/h1-2,5-6,9,14H,3-4,7-8H2,(H,20,21,22,23). The number of hydrogen-bond donors (Lipinski definition) is 1. The number of nitrogens with one attached hydrogen (secondary N) is 1. The van der Waals surface area contributed by atoms with Gasteiger partial charge in [-0.15, -0.1) is 0 Å². The van der Waals surface area contributed by atoms with Gasteiger partial charge in [-0.1, -0.05) is 0 Å². The normalized spacial score (nSPS) is 17.3. The van der Waals surface area contributed by atoms with Crippen molar-refractivity contribution in [1.29, 1.82) is 0 Å². The van der Waals surface area contributed by atoms with Crippen molar-refractivity contribution in [2.24, 2.45) is 0 Å². The molecule has 1 aliphatic rings. The van der Waals surface area contributed by atoms with Crippen molar-refractivity contribution in [3.05, 3.63) is 53.7 Å². The molecule has 3 heterocycles. The molecule has 10 heteroatoms. The smallest absolute Gasteiger partial charge is 0.410 e. The molecular formula is C17H15F2N5O3. The van der Waals surface area contributed by atoms with E-state index in [4.69, 9.17) is 9.47 Å². The molecule has 4 rings (SSSR count). The van der Waals surface area contributed by atoms with Gasteiger partial charge in [-0.25, -0.2) is 28.5 Å². The topological polar surface area (TPSA) is 93.2 Å². The molecule has 140 valence electrons. The Hall–Kier alpha value is -3.14. The molecule has 1 atom stereocenters. The van der Waals surface area contributed by atoms with Gasteiger partial charge in [0.25, 0.3) is 0 Å². The molecule has 0 bridgehead atoms. The van der Waals surface area contributed by atoms with E-state index < -0.39 is 23.8 Å². The predicted molar refractivity (Wildman–Crippen MR) is 88.5 cm³/mol. The first-order valence-electron chi connectivity index (χ1n) is 8.23. The number of halogens is 2. The zero-order valence-corrected chi connectivity index (χ0v) is 14.1. The molecule has 2 aromatic heterocycles. The molecule has 1 unspecified atom stereocenters. The maximum atomic E-state index is 13.6. The second kappa shape index (κ2) is 7.23. The molecule has 1 fully saturated rings. The average Bonchev–Trinajstić information content (AvgIpc) is 3.11. The molecule has 8 nitrogen and oxygen atoms in total. The number of fused-ring (bicyclic) bond motifs is 1. The predicted octanol–water partition coefficient (Wildman–Crippen LogP) is 2.34. The number of ether oxygens (including phenoxy) is 2. The first kappa shape index (κ1) is 17.3. The number of imidazole rings is 1. The molecular weight excluding hydrogens is 360 g/mol. The molecule has 1 N–H and O–H groups in total. The Labute approximate surface area is 152 Å². The van der Waals surface area contributed by atoms with Crippen molar-refractivity contribution in [3.63, 3.8) is 0 Å². The Morgan fingerprint density at radius 1 is 1.41 bits per heavy atom. The van der Waals surface area contributed by atoms with Crippen LogP contribution in [-0.2, 0) is 16.1 Å². The number of benzene rings is 1. The maximum Gasteiger partial charge on any atom is 0.410 e. The lowest BCUT2D eigenvalue weighted by Gasteiger charge is -2.31. The number of hydrogen-bond acceptors (Lipinski definition) is 6. The van der Waals surface area contributed by atoms with E-state index in [0.717, 1.165) is 12.1 Å². The van der Waals surface area contributed by atoms with Crippen LogP contribution in [0.2, 0.25) is 0 Å². The van der Waals surface area contributed by atoms with Gasteiger partial charge in [0.05, 0.1) is 19.3 Å². The number of carbonyl (C=O) groups excluding carboxylic acids is 1. The first-order chi connectivity index (χ1) is 13.1. The van der Waals surface area contributed by atoms with Crippen LogP contribution in [0, 0.1) is 11.6 Å². The summed E-state index contributed by atoms with van der Waals surface area (Å²) >= 11 is 0. The van der Waals surface area contributed by atoms with Gasteiger partial charge in [-0.2, -0.15) is 0 Å². The SMILES string of the molecule is O=C(OCc1ccc(F)cc1F)N1CCOC(c2nc3ncncc3[nH]2)C1. The summed E-state index contributed by atoms with van der Waals surface area (Å²) in [6, 6.07) is 3.11. The highest BCUT2D eigenvalue weighted by molar-refractivity contribution is 5.69. The van der Waals surface area contributed by atoms with Crippen LogP contribution in [0.15, 0.2) is 30.7 Å². The molecule has 1 saturated heterocycles. The van der Waals surface area contributed by atoms with Crippen LogP contribution < -0.4 is 0 Å². The van der Waals surface area contributed by atoms with E-state index in [1.54, 1.807) is 6.20 Å². The number of aromatic nitrogens is 4. The Bertz CT molecular complexity index is 947. The molecule has 0 saturated carbocycles. The second-order valence-electron chi connectivity index (χ2n) is 5.98. The molecule has 1 aliphatic heterocycles. The van der Waals surface area contributed by atoms with Crippen LogP contribution in [-0.4, -0.2) is 50.6 Å². The molecule has 27 heavy (non-hydrogen) atoms. The van der Waals surface area contributed by atoms with E-state index in [-0.39, 0.29) is 18.7 Å². The highest BCUT2D eigenvalue weighted by Gasteiger charge is 2.28. The van der Waals surface area contributed by atoms with Gasteiger partial charge in [-0.3, -0.25) is 0 Å². The highest BCUT2D eigenvalue weighted by Crippen LogP contribution is 2.22. The van der Waals surface area contributed by atoms with Crippen LogP contribution in [0.1, 0.15) is 17.5 Å². The van der Waals surface area contributed by atoms with Gasteiger partial charge in [0.15, 0.2) is 5.65 Å². The lowest BCUT2D eigenvalue weighted by atomic mass is 10.2. The minimum atomic E-state index is -0.758. The average molecular weight is 375 g/mol. The number of rotatable bonds is 3. The number of morpholine rings is 1. The van der Waals surface area contributed by atoms with Gasteiger partial charge in [0.2, 0.25) is 0 Å². The van der Waals surface area contributed by atoms with Crippen LogP contribution in [0.5, 0.6) is 0 Å². The quantitative estimate of drug-likeness (QED) is 0.755. The van der Waals surface area contributed by atoms with Crippen LogP contribution >= 0.6 is 0 Å². The molecule has 0 aliphatic carbocycles. The monoisotopic (exact) mass is 375 g/mol. The van der Waals surface area contributed by atoms with E-state index in [1.807, 2.05) is 0 Å². The van der Waals surface area contributed by atoms with E-state index in [0.29, 0.717) is 30.1 Å². The Kier molecular flexibility index (Phi) is 4.63. The lowest BCUT2D eigenvalue weighted by molar-refractivity contribution is -0.0331. The number of nitrogens with zero attached hydrogens (tertiary/aromatic N) is 4. The van der Waals surface area contributed by atoms with Gasteiger partial charge >= 0.3 is 6.09 Å². The maximum absolute atomic E-state index is 13.6. The minimum Gasteiger partial charge on any atom is -0.444 e. The van der Waals surface area contributed by atoms with E-state index in [1.165, 1.54) is 17.3 Å². The van der Waals surface area contributed by atoms with Crippen LogP contribution in [0.3, 0.4) is 0 Å². The van der Waals surface area contributed by atoms with Crippen molar-refractivity contribution in [1.82, 2.24) is 24.8 Å². The molecule has 3 aromatic rings. The molecule has 0 radical (unpaired) electrons. The molecule has 1 aromatic carbocycles. The van der Waals surface area contributed by atoms with Crippen molar-refractivity contribution >= 4 is 17.3 Å². The first-order valence-corrected chi connectivity index (χ1v) is 8.23. The van der Waals surface area contributed by atoms with Crippen molar-refractivity contribution in [2.75, 3.05) is 19.7 Å². The summed E-state index contributed by atoms with van der Waals surface area (Å²) in [4.78, 5) is 29.1. The fourth-order valence-electron chi connectivity index (χ4n) is 2.78. The summed E-state index contributed by atoms with van der Waals surface area (Å²) in [5.41, 5.74) is 1.28. The second-order valence-corrected chi connectivity index (χ2v) is 5.98. The zero-order valence-electron chi connectivity index (χ0n) is 14.1. The van der Waals surface area contributed by atoms with Crippen molar-refractivity contribution < 1.29 is 23.0 Å². The minimum absolute atomic E-state index is 0.102. The molecule has 1 amide bonds. The summed E-state index contributed by atoms with van der Waals surface area (Å²) in [7, 11) is 0. The number of H-pyrrole nitrogens is 1. The fraction of sp³-hybridized carbons (Fsp3) is 0.294. The third kappa shape index (κ3) is 3.70. The summed E-state index contributed by atoms with van der Waals surface area (Å²) in [5, 5.41) is 0. The largest absolute Gasteiger partial charge is 0.444 e. The van der Waals surface area contributed by atoms with Gasteiger partial charge in [0.1, 0.15) is 42.0 Å². The van der Waals surface area contributed by atoms with Crippen LogP contribution in [0.4, 0.5) is 13.6 Å². The Balaban J connectivity index is 1.40. The highest BCUT2D eigenvalue weighted by atomic mass is 19.1. The third-order valence-electron chi connectivity index (χ3n) is 4.18.